The van der Waals surface area contributed by atoms with E-state index in [4.69, 9.17) is 0 Å². The van der Waals surface area contributed by atoms with Crippen molar-refractivity contribution in [3.05, 3.63) is 17.5 Å². The lowest BCUT2D eigenvalue weighted by atomic mass is 10.1. The summed E-state index contributed by atoms with van der Waals surface area (Å²) in [5.41, 5.74) is 2.35. The Morgan fingerprint density at radius 1 is 1.53 bits per heavy atom. The van der Waals surface area contributed by atoms with Crippen LogP contribution in [0.1, 0.15) is 31.0 Å². The molecule has 1 aliphatic rings. The van der Waals surface area contributed by atoms with Gasteiger partial charge in [0.15, 0.2) is 9.84 Å². The van der Waals surface area contributed by atoms with Crippen LogP contribution in [0.4, 0.5) is 0 Å². The average molecular weight is 285 g/mol. The molecule has 0 saturated carbocycles. The predicted molar refractivity (Wildman–Crippen MR) is 75.7 cm³/mol. The maximum atomic E-state index is 11.6. The standard InChI is InChI=1S/C13H23N3O2S/c1-4-6-16(13-5-7-19(17,18)10-13)9-12-8-14-15(3)11(12)2/h8,13H,4-7,9-10H2,1-3H3/t13-/m0/s1. The second-order valence-corrected chi connectivity index (χ2v) is 7.63. The van der Waals surface area contributed by atoms with Crippen LogP contribution in [-0.4, -0.2) is 47.2 Å². The molecule has 0 spiro atoms. The molecule has 0 radical (unpaired) electrons. The van der Waals surface area contributed by atoms with Gasteiger partial charge in [-0.15, -0.1) is 0 Å². The molecule has 1 aromatic heterocycles. The molecule has 1 saturated heterocycles. The Morgan fingerprint density at radius 2 is 2.26 bits per heavy atom. The van der Waals surface area contributed by atoms with Crippen LogP contribution in [0.3, 0.4) is 0 Å². The van der Waals surface area contributed by atoms with Crippen LogP contribution in [0, 0.1) is 6.92 Å². The summed E-state index contributed by atoms with van der Waals surface area (Å²) in [5, 5.41) is 4.26. The van der Waals surface area contributed by atoms with Gasteiger partial charge in [0, 0.05) is 30.9 Å². The first-order chi connectivity index (χ1) is 8.93. The van der Waals surface area contributed by atoms with Crippen molar-refractivity contribution < 1.29 is 8.42 Å². The quantitative estimate of drug-likeness (QED) is 0.814. The molecule has 0 amide bonds. The Kier molecular flexibility index (Phi) is 4.30. The number of hydrogen-bond acceptors (Lipinski definition) is 4. The van der Waals surface area contributed by atoms with E-state index in [0.29, 0.717) is 11.5 Å². The summed E-state index contributed by atoms with van der Waals surface area (Å²) in [6.45, 7) is 5.92. The van der Waals surface area contributed by atoms with Gasteiger partial charge in [-0.05, 0) is 26.3 Å². The molecule has 6 heteroatoms. The molecule has 1 aliphatic heterocycles. The van der Waals surface area contributed by atoms with Gasteiger partial charge in [0.2, 0.25) is 0 Å². The van der Waals surface area contributed by atoms with E-state index in [0.717, 1.165) is 31.6 Å². The van der Waals surface area contributed by atoms with E-state index in [1.54, 1.807) is 0 Å². The van der Waals surface area contributed by atoms with E-state index >= 15 is 0 Å². The molecule has 1 fully saturated rings. The molecule has 0 aliphatic carbocycles. The van der Waals surface area contributed by atoms with Crippen molar-refractivity contribution in [1.82, 2.24) is 14.7 Å². The van der Waals surface area contributed by atoms with Gasteiger partial charge in [-0.25, -0.2) is 8.42 Å². The van der Waals surface area contributed by atoms with Crippen molar-refractivity contribution in [2.75, 3.05) is 18.1 Å². The van der Waals surface area contributed by atoms with Crippen LogP contribution in [0.25, 0.3) is 0 Å². The van der Waals surface area contributed by atoms with Crippen molar-refractivity contribution in [3.63, 3.8) is 0 Å². The number of nitrogens with zero attached hydrogens (tertiary/aromatic N) is 3. The maximum absolute atomic E-state index is 11.6. The van der Waals surface area contributed by atoms with Crippen LogP contribution < -0.4 is 0 Å². The third-order valence-electron chi connectivity index (χ3n) is 3.95. The first-order valence-electron chi connectivity index (χ1n) is 6.85. The smallest absolute Gasteiger partial charge is 0.151 e. The molecule has 1 atom stereocenters. The summed E-state index contributed by atoms with van der Waals surface area (Å²) in [5.74, 6) is 0.649. The zero-order valence-corrected chi connectivity index (χ0v) is 12.8. The first-order valence-corrected chi connectivity index (χ1v) is 8.67. The summed E-state index contributed by atoms with van der Waals surface area (Å²) in [6, 6.07) is 0.171. The normalized spacial score (nSPS) is 22.2. The fourth-order valence-electron chi connectivity index (χ4n) is 2.66. The second-order valence-electron chi connectivity index (χ2n) is 5.41. The molecule has 2 heterocycles. The Hall–Kier alpha value is -0.880. The van der Waals surface area contributed by atoms with Gasteiger partial charge in [0.05, 0.1) is 17.7 Å². The van der Waals surface area contributed by atoms with Crippen molar-refractivity contribution in [2.24, 2.45) is 7.05 Å². The van der Waals surface area contributed by atoms with Gasteiger partial charge in [-0.1, -0.05) is 6.92 Å². The fourth-order valence-corrected chi connectivity index (χ4v) is 4.42. The van der Waals surface area contributed by atoms with Crippen molar-refractivity contribution in [2.45, 2.75) is 39.3 Å². The van der Waals surface area contributed by atoms with E-state index in [1.165, 1.54) is 5.56 Å². The summed E-state index contributed by atoms with van der Waals surface area (Å²) in [4.78, 5) is 2.30. The second kappa shape index (κ2) is 5.63. The van der Waals surface area contributed by atoms with Crippen molar-refractivity contribution in [1.29, 1.82) is 0 Å². The van der Waals surface area contributed by atoms with Crippen molar-refractivity contribution in [3.8, 4) is 0 Å². The molecule has 0 unspecified atom stereocenters. The van der Waals surface area contributed by atoms with E-state index < -0.39 is 9.84 Å². The molecule has 19 heavy (non-hydrogen) atoms. The summed E-state index contributed by atoms with van der Waals surface area (Å²) in [6.07, 6.45) is 3.69. The molecule has 1 aromatic rings. The zero-order valence-electron chi connectivity index (χ0n) is 12.0. The van der Waals surface area contributed by atoms with E-state index in [-0.39, 0.29) is 6.04 Å². The van der Waals surface area contributed by atoms with Crippen LogP contribution in [0.5, 0.6) is 0 Å². The molecular weight excluding hydrogens is 262 g/mol. The van der Waals surface area contributed by atoms with Crippen LogP contribution in [0.2, 0.25) is 0 Å². The minimum absolute atomic E-state index is 0.171. The predicted octanol–water partition coefficient (Wildman–Crippen LogP) is 1.13. The monoisotopic (exact) mass is 285 g/mol. The maximum Gasteiger partial charge on any atom is 0.151 e. The number of rotatable bonds is 5. The minimum Gasteiger partial charge on any atom is -0.295 e. The fraction of sp³-hybridized carbons (Fsp3) is 0.769. The third-order valence-corrected chi connectivity index (χ3v) is 5.70. The lowest BCUT2D eigenvalue weighted by molar-refractivity contribution is 0.203. The highest BCUT2D eigenvalue weighted by atomic mass is 32.2. The molecule has 0 aromatic carbocycles. The van der Waals surface area contributed by atoms with E-state index in [1.807, 2.05) is 17.9 Å². The van der Waals surface area contributed by atoms with E-state index in [2.05, 4.69) is 23.8 Å². The number of aromatic nitrogens is 2. The summed E-state index contributed by atoms with van der Waals surface area (Å²) in [7, 11) is -0.885. The Morgan fingerprint density at radius 3 is 2.74 bits per heavy atom. The summed E-state index contributed by atoms with van der Waals surface area (Å²) < 4.78 is 25.1. The first kappa shape index (κ1) is 14.5. The number of hydrogen-bond donors (Lipinski definition) is 0. The zero-order chi connectivity index (χ0) is 14.0. The van der Waals surface area contributed by atoms with Gasteiger partial charge in [-0.2, -0.15) is 5.10 Å². The van der Waals surface area contributed by atoms with Gasteiger partial charge in [0.1, 0.15) is 0 Å². The number of aryl methyl sites for hydroxylation is 1. The highest BCUT2D eigenvalue weighted by molar-refractivity contribution is 7.91. The average Bonchev–Trinajstić information content (AvgIpc) is 2.85. The summed E-state index contributed by atoms with van der Waals surface area (Å²) >= 11 is 0. The molecule has 108 valence electrons. The SMILES string of the molecule is CCCN(Cc1cnn(C)c1C)[C@H]1CCS(=O)(=O)C1. The Bertz CT molecular complexity index is 536. The minimum atomic E-state index is -2.82. The van der Waals surface area contributed by atoms with Crippen LogP contribution in [0.15, 0.2) is 6.20 Å². The molecular formula is C13H23N3O2S. The molecule has 5 nitrogen and oxygen atoms in total. The topological polar surface area (TPSA) is 55.2 Å². The Balaban J connectivity index is 2.11. The highest BCUT2D eigenvalue weighted by Crippen LogP contribution is 2.21. The van der Waals surface area contributed by atoms with Gasteiger partial charge < -0.3 is 0 Å². The van der Waals surface area contributed by atoms with Gasteiger partial charge in [0.25, 0.3) is 0 Å². The molecule has 2 rings (SSSR count). The molecule has 0 bridgehead atoms. The third kappa shape index (κ3) is 3.36. The largest absolute Gasteiger partial charge is 0.295 e. The number of sulfone groups is 1. The van der Waals surface area contributed by atoms with Gasteiger partial charge in [-0.3, -0.25) is 9.58 Å². The highest BCUT2D eigenvalue weighted by Gasteiger charge is 2.32. The lowest BCUT2D eigenvalue weighted by Crippen LogP contribution is -2.36. The van der Waals surface area contributed by atoms with Crippen LogP contribution >= 0.6 is 0 Å². The van der Waals surface area contributed by atoms with Crippen molar-refractivity contribution >= 4 is 9.84 Å². The van der Waals surface area contributed by atoms with Gasteiger partial charge >= 0.3 is 0 Å². The molecule has 0 N–H and O–H groups in total. The van der Waals surface area contributed by atoms with E-state index in [9.17, 15) is 8.42 Å². The lowest BCUT2D eigenvalue weighted by Gasteiger charge is -2.27. The Labute approximate surface area is 115 Å². The van der Waals surface area contributed by atoms with Crippen LogP contribution in [-0.2, 0) is 23.4 Å².